The summed E-state index contributed by atoms with van der Waals surface area (Å²) in [5.74, 6) is 0.397. The van der Waals surface area contributed by atoms with Crippen molar-refractivity contribution in [3.05, 3.63) is 46.1 Å². The average Bonchev–Trinajstić information content (AvgIpc) is 3.15. The van der Waals surface area contributed by atoms with Crippen molar-refractivity contribution in [3.63, 3.8) is 0 Å². The maximum Gasteiger partial charge on any atom is 0.263 e. The molecular formula is C22H29FN6O2. The molecule has 3 heterocycles. The number of hydrogen-bond acceptors (Lipinski definition) is 6. The molecule has 0 amide bonds. The molecule has 166 valence electrons. The lowest BCUT2D eigenvalue weighted by molar-refractivity contribution is 0.210. The minimum absolute atomic E-state index is 0.193. The normalized spacial score (nSPS) is 16.0. The van der Waals surface area contributed by atoms with Crippen molar-refractivity contribution in [3.8, 4) is 5.75 Å². The van der Waals surface area contributed by atoms with E-state index in [9.17, 15) is 9.18 Å². The van der Waals surface area contributed by atoms with E-state index in [0.29, 0.717) is 23.5 Å². The highest BCUT2D eigenvalue weighted by Crippen LogP contribution is 2.22. The third-order valence-electron chi connectivity index (χ3n) is 5.62. The fourth-order valence-electron chi connectivity index (χ4n) is 3.97. The Morgan fingerprint density at radius 1 is 1.29 bits per heavy atom. The molecule has 1 fully saturated rings. The van der Waals surface area contributed by atoms with Crippen molar-refractivity contribution < 1.29 is 9.13 Å². The van der Waals surface area contributed by atoms with Gasteiger partial charge >= 0.3 is 0 Å². The molecule has 0 bridgehead atoms. The van der Waals surface area contributed by atoms with Gasteiger partial charge in [0.2, 0.25) is 5.95 Å². The van der Waals surface area contributed by atoms with Crippen molar-refractivity contribution in [2.24, 2.45) is 0 Å². The number of methoxy groups -OCH3 is 1. The van der Waals surface area contributed by atoms with Gasteiger partial charge in [-0.2, -0.15) is 10.1 Å². The minimum Gasteiger partial charge on any atom is -0.494 e. The van der Waals surface area contributed by atoms with Crippen molar-refractivity contribution in [2.45, 2.75) is 51.7 Å². The molecule has 0 radical (unpaired) electrons. The quantitative estimate of drug-likeness (QED) is 0.649. The standard InChI is InChI=1S/C22H29FN6O2/c1-22(2,3)29-19-16(12-24-29)20(30)27-21(26-19)25-15-7-9-28(10-8-15)13-14-5-6-18(31-4)17(23)11-14/h5-6,11-12,15H,7-10,13H2,1-4H3,(H2,25,26,27,30). The fraction of sp³-hybridized carbons (Fsp3) is 0.500. The van der Waals surface area contributed by atoms with Crippen molar-refractivity contribution in [1.82, 2.24) is 24.6 Å². The van der Waals surface area contributed by atoms with Crippen molar-refractivity contribution in [1.29, 1.82) is 0 Å². The zero-order chi connectivity index (χ0) is 22.2. The van der Waals surface area contributed by atoms with E-state index in [2.05, 4.69) is 25.3 Å². The number of aromatic nitrogens is 4. The van der Waals surface area contributed by atoms with E-state index in [1.54, 1.807) is 16.9 Å². The summed E-state index contributed by atoms with van der Waals surface area (Å²) in [6.45, 7) is 8.52. The summed E-state index contributed by atoms with van der Waals surface area (Å²) in [5, 5.41) is 8.22. The molecule has 31 heavy (non-hydrogen) atoms. The molecule has 0 atom stereocenters. The second-order valence-electron chi connectivity index (χ2n) is 9.04. The van der Waals surface area contributed by atoms with Gasteiger partial charge in [0.25, 0.3) is 5.56 Å². The zero-order valence-electron chi connectivity index (χ0n) is 18.4. The molecule has 1 aliphatic rings. The van der Waals surface area contributed by atoms with Gasteiger partial charge < -0.3 is 10.1 Å². The maximum atomic E-state index is 13.9. The number of hydrogen-bond donors (Lipinski definition) is 2. The van der Waals surface area contributed by atoms with Gasteiger partial charge in [-0.25, -0.2) is 9.07 Å². The lowest BCUT2D eigenvalue weighted by Gasteiger charge is -2.32. The molecule has 0 saturated carbocycles. The van der Waals surface area contributed by atoms with Crippen LogP contribution in [0.1, 0.15) is 39.2 Å². The van der Waals surface area contributed by atoms with Gasteiger partial charge in [-0.1, -0.05) is 6.07 Å². The molecule has 0 aliphatic carbocycles. The van der Waals surface area contributed by atoms with Crippen LogP contribution in [0.15, 0.2) is 29.2 Å². The van der Waals surface area contributed by atoms with Crippen LogP contribution >= 0.6 is 0 Å². The van der Waals surface area contributed by atoms with Crippen LogP contribution in [0.5, 0.6) is 5.75 Å². The van der Waals surface area contributed by atoms with Gasteiger partial charge in [-0.3, -0.25) is 14.7 Å². The summed E-state index contributed by atoms with van der Waals surface area (Å²) >= 11 is 0. The Bertz CT molecular complexity index is 1130. The molecule has 1 saturated heterocycles. The topological polar surface area (TPSA) is 88.1 Å². The van der Waals surface area contributed by atoms with Crippen LogP contribution in [-0.4, -0.2) is 50.9 Å². The smallest absolute Gasteiger partial charge is 0.263 e. The van der Waals surface area contributed by atoms with Gasteiger partial charge in [-0.15, -0.1) is 0 Å². The highest BCUT2D eigenvalue weighted by molar-refractivity contribution is 5.74. The molecule has 0 spiro atoms. The first kappa shape index (κ1) is 21.3. The Balaban J connectivity index is 1.40. The average molecular weight is 429 g/mol. The SMILES string of the molecule is COc1ccc(CN2CCC(Nc3nc4c(cnn4C(C)(C)C)c(=O)[nH]3)CC2)cc1F. The highest BCUT2D eigenvalue weighted by atomic mass is 19.1. The molecule has 4 rings (SSSR count). The number of aromatic amines is 1. The van der Waals surface area contributed by atoms with Crippen LogP contribution in [0.25, 0.3) is 11.0 Å². The van der Waals surface area contributed by atoms with E-state index in [1.165, 1.54) is 13.2 Å². The summed E-state index contributed by atoms with van der Waals surface area (Å²) in [7, 11) is 1.46. The van der Waals surface area contributed by atoms with Crippen LogP contribution in [0, 0.1) is 5.82 Å². The van der Waals surface area contributed by atoms with Crippen LogP contribution in [-0.2, 0) is 12.1 Å². The number of ether oxygens (including phenoxy) is 1. The minimum atomic E-state index is -0.337. The van der Waals surface area contributed by atoms with Crippen molar-refractivity contribution >= 4 is 17.0 Å². The van der Waals surface area contributed by atoms with E-state index in [4.69, 9.17) is 4.74 Å². The largest absolute Gasteiger partial charge is 0.494 e. The lowest BCUT2D eigenvalue weighted by atomic mass is 10.0. The number of nitrogens with zero attached hydrogens (tertiary/aromatic N) is 4. The summed E-state index contributed by atoms with van der Waals surface area (Å²) in [4.78, 5) is 22.2. The number of benzene rings is 1. The molecule has 0 unspecified atom stereocenters. The Morgan fingerprint density at radius 2 is 2.03 bits per heavy atom. The molecule has 8 nitrogen and oxygen atoms in total. The van der Waals surface area contributed by atoms with E-state index in [0.717, 1.165) is 31.5 Å². The predicted molar refractivity (Wildman–Crippen MR) is 118 cm³/mol. The van der Waals surface area contributed by atoms with Gasteiger partial charge in [0.1, 0.15) is 5.39 Å². The Morgan fingerprint density at radius 3 is 2.68 bits per heavy atom. The molecule has 9 heteroatoms. The summed E-state index contributed by atoms with van der Waals surface area (Å²) < 4.78 is 20.7. The number of nitrogens with one attached hydrogen (secondary N) is 2. The van der Waals surface area contributed by atoms with Gasteiger partial charge in [0.15, 0.2) is 17.2 Å². The number of piperidine rings is 1. The summed E-state index contributed by atoms with van der Waals surface area (Å²) in [6.07, 6.45) is 3.37. The Hall–Kier alpha value is -2.94. The number of halogens is 1. The number of anilines is 1. The van der Waals surface area contributed by atoms with E-state index in [-0.39, 0.29) is 28.7 Å². The van der Waals surface area contributed by atoms with Crippen LogP contribution in [0.3, 0.4) is 0 Å². The summed E-state index contributed by atoms with van der Waals surface area (Å²) in [6, 6.07) is 5.30. The molecule has 1 aromatic carbocycles. The monoisotopic (exact) mass is 428 g/mol. The predicted octanol–water partition coefficient (Wildman–Crippen LogP) is 3.10. The van der Waals surface area contributed by atoms with Crippen LogP contribution in [0.2, 0.25) is 0 Å². The molecule has 2 aromatic heterocycles. The second kappa shape index (κ2) is 8.30. The first-order chi connectivity index (χ1) is 14.7. The highest BCUT2D eigenvalue weighted by Gasteiger charge is 2.23. The third kappa shape index (κ3) is 4.56. The van der Waals surface area contributed by atoms with Gasteiger partial charge in [-0.05, 0) is 51.3 Å². The summed E-state index contributed by atoms with van der Waals surface area (Å²) in [5.41, 5.74) is 1.04. The second-order valence-corrected chi connectivity index (χ2v) is 9.04. The zero-order valence-corrected chi connectivity index (χ0v) is 18.4. The molecular weight excluding hydrogens is 399 g/mol. The van der Waals surface area contributed by atoms with Gasteiger partial charge in [0, 0.05) is 25.7 Å². The van der Waals surface area contributed by atoms with Crippen molar-refractivity contribution in [2.75, 3.05) is 25.5 Å². The molecule has 2 N–H and O–H groups in total. The number of fused-ring (bicyclic) bond motifs is 1. The van der Waals surface area contributed by atoms with E-state index < -0.39 is 0 Å². The Labute approximate surface area is 180 Å². The number of H-pyrrole nitrogens is 1. The maximum absolute atomic E-state index is 13.9. The number of likely N-dealkylation sites (tertiary alicyclic amines) is 1. The van der Waals surface area contributed by atoms with E-state index >= 15 is 0 Å². The van der Waals surface area contributed by atoms with Crippen LogP contribution in [0.4, 0.5) is 10.3 Å². The lowest BCUT2D eigenvalue weighted by Crippen LogP contribution is -2.39. The number of rotatable bonds is 5. The fourth-order valence-corrected chi connectivity index (χ4v) is 3.97. The molecule has 3 aromatic rings. The Kier molecular flexibility index (Phi) is 5.70. The molecule has 1 aliphatic heterocycles. The first-order valence-corrected chi connectivity index (χ1v) is 10.5. The third-order valence-corrected chi connectivity index (χ3v) is 5.62. The van der Waals surface area contributed by atoms with Gasteiger partial charge in [0.05, 0.1) is 18.8 Å². The van der Waals surface area contributed by atoms with Crippen LogP contribution < -0.4 is 15.6 Å². The first-order valence-electron chi connectivity index (χ1n) is 10.5. The van der Waals surface area contributed by atoms with E-state index in [1.807, 2.05) is 26.8 Å².